The van der Waals surface area contributed by atoms with Gasteiger partial charge < -0.3 is 0 Å². The number of halogens is 1. The summed E-state index contributed by atoms with van der Waals surface area (Å²) < 4.78 is 1.78. The number of nitrogens with zero attached hydrogens (tertiary/aromatic N) is 4. The highest BCUT2D eigenvalue weighted by molar-refractivity contribution is 6.30. The van der Waals surface area contributed by atoms with Crippen molar-refractivity contribution >= 4 is 17.4 Å². The van der Waals surface area contributed by atoms with Crippen molar-refractivity contribution in [1.82, 2.24) is 25.9 Å². The summed E-state index contributed by atoms with van der Waals surface area (Å²) in [6.45, 7) is 2.78. The molecule has 4 rings (SSSR count). The van der Waals surface area contributed by atoms with Crippen LogP contribution in [0, 0.1) is 6.92 Å². The lowest BCUT2D eigenvalue weighted by molar-refractivity contribution is 0.288. The fourth-order valence-corrected chi connectivity index (χ4v) is 2.96. The first-order chi connectivity index (χ1) is 12.2. The molecular formula is C18H17ClN6. The predicted molar refractivity (Wildman–Crippen MR) is 98.1 cm³/mol. The fourth-order valence-electron chi connectivity index (χ4n) is 2.78. The minimum Gasteiger partial charge on any atom is -0.266 e. The molecule has 0 unspecified atom stereocenters. The number of nitrogens with one attached hydrogen (secondary N) is 2. The van der Waals surface area contributed by atoms with Gasteiger partial charge in [-0.15, -0.1) is 10.6 Å². The zero-order valence-corrected chi connectivity index (χ0v) is 14.4. The van der Waals surface area contributed by atoms with Gasteiger partial charge in [-0.2, -0.15) is 5.10 Å². The lowest BCUT2D eigenvalue weighted by Gasteiger charge is -2.18. The first-order valence-electron chi connectivity index (χ1n) is 7.91. The van der Waals surface area contributed by atoms with Crippen LogP contribution in [-0.4, -0.2) is 20.6 Å². The molecule has 2 aromatic carbocycles. The Hall–Kier alpha value is -2.83. The van der Waals surface area contributed by atoms with E-state index in [2.05, 4.69) is 52.5 Å². The topological polar surface area (TPSA) is 57.5 Å². The van der Waals surface area contributed by atoms with Crippen LogP contribution in [0.3, 0.4) is 0 Å². The Balaban J connectivity index is 1.57. The summed E-state index contributed by atoms with van der Waals surface area (Å²) in [5.74, 6) is 0.787. The number of rotatable bonds is 4. The van der Waals surface area contributed by atoms with Gasteiger partial charge >= 0.3 is 0 Å². The summed E-state index contributed by atoms with van der Waals surface area (Å²) in [5.41, 5.74) is 10.1. The molecule has 126 valence electrons. The predicted octanol–water partition coefficient (Wildman–Crippen LogP) is 3.02. The molecule has 7 heteroatoms. The number of aromatic nitrogens is 2. The third-order valence-electron chi connectivity index (χ3n) is 3.94. The highest BCUT2D eigenvalue weighted by Crippen LogP contribution is 2.17. The molecule has 2 N–H and O–H groups in total. The van der Waals surface area contributed by atoms with Gasteiger partial charge in [0.25, 0.3) is 0 Å². The molecule has 1 aromatic heterocycles. The summed E-state index contributed by atoms with van der Waals surface area (Å²) in [5, 5.41) is 11.4. The van der Waals surface area contributed by atoms with E-state index >= 15 is 0 Å². The van der Waals surface area contributed by atoms with E-state index in [-0.39, 0.29) is 0 Å². The zero-order chi connectivity index (χ0) is 17.2. The number of hydrogen-bond donors (Lipinski definition) is 2. The lowest BCUT2D eigenvalue weighted by Crippen LogP contribution is -2.40. The summed E-state index contributed by atoms with van der Waals surface area (Å²) >= 11 is 6.06. The van der Waals surface area contributed by atoms with Crippen molar-refractivity contribution in [1.29, 1.82) is 0 Å². The first-order valence-corrected chi connectivity index (χ1v) is 8.29. The summed E-state index contributed by atoms with van der Waals surface area (Å²) in [7, 11) is 0. The lowest BCUT2D eigenvalue weighted by atomic mass is 10.1. The van der Waals surface area contributed by atoms with Gasteiger partial charge in [0.1, 0.15) is 0 Å². The standard InChI is InChI=1S/C18H17ClN6/c1-13-4-2-5-14(8-13)11-25-18(21-22-23-25)15-10-20-24(12-15)17-7-3-6-16(19)9-17/h2-10,12,22-23H,11H2,1H3. The summed E-state index contributed by atoms with van der Waals surface area (Å²) in [4.78, 5) is 0. The molecule has 0 spiro atoms. The van der Waals surface area contributed by atoms with Gasteiger partial charge in [-0.25, -0.2) is 10.2 Å². The van der Waals surface area contributed by atoms with Crippen molar-refractivity contribution in [3.63, 3.8) is 0 Å². The number of hydrazine groups is 2. The Kier molecular flexibility index (Phi) is 4.13. The zero-order valence-electron chi connectivity index (χ0n) is 13.6. The number of amidine groups is 1. The van der Waals surface area contributed by atoms with Crippen molar-refractivity contribution < 1.29 is 0 Å². The molecule has 0 aliphatic carbocycles. The van der Waals surface area contributed by atoms with E-state index in [4.69, 9.17) is 11.6 Å². The average molecular weight is 353 g/mol. The minimum absolute atomic E-state index is 0.678. The van der Waals surface area contributed by atoms with Crippen LogP contribution in [0.15, 0.2) is 66.0 Å². The maximum Gasteiger partial charge on any atom is 0.176 e. The molecule has 0 saturated heterocycles. The quantitative estimate of drug-likeness (QED) is 0.757. The van der Waals surface area contributed by atoms with Crippen LogP contribution in [0.5, 0.6) is 0 Å². The van der Waals surface area contributed by atoms with Crippen molar-refractivity contribution in [2.45, 2.75) is 13.5 Å². The van der Waals surface area contributed by atoms with Crippen molar-refractivity contribution in [3.8, 4) is 5.69 Å². The molecule has 25 heavy (non-hydrogen) atoms. The number of hydrazone groups is 1. The van der Waals surface area contributed by atoms with Gasteiger partial charge in [0.05, 0.1) is 24.0 Å². The monoisotopic (exact) mass is 352 g/mol. The Labute approximate surface area is 150 Å². The number of benzene rings is 2. The minimum atomic E-state index is 0.678. The molecular weight excluding hydrogens is 336 g/mol. The van der Waals surface area contributed by atoms with Crippen molar-refractivity contribution in [2.24, 2.45) is 5.10 Å². The molecule has 2 heterocycles. The molecule has 0 saturated carbocycles. The van der Waals surface area contributed by atoms with Crippen LogP contribution in [0.1, 0.15) is 16.7 Å². The maximum absolute atomic E-state index is 6.06. The van der Waals surface area contributed by atoms with E-state index in [0.29, 0.717) is 11.6 Å². The smallest absolute Gasteiger partial charge is 0.176 e. The van der Waals surface area contributed by atoms with Crippen molar-refractivity contribution in [3.05, 3.63) is 82.6 Å². The molecule has 0 bridgehead atoms. The number of hydrogen-bond acceptors (Lipinski definition) is 5. The van der Waals surface area contributed by atoms with E-state index in [1.165, 1.54) is 11.1 Å². The molecule has 6 nitrogen and oxygen atoms in total. The highest BCUT2D eigenvalue weighted by atomic mass is 35.5. The van der Waals surface area contributed by atoms with Gasteiger partial charge in [0.15, 0.2) is 5.84 Å². The van der Waals surface area contributed by atoms with Crippen LogP contribution in [-0.2, 0) is 6.54 Å². The average Bonchev–Trinajstić information content (AvgIpc) is 3.24. The normalized spacial score (nSPS) is 13.7. The van der Waals surface area contributed by atoms with E-state index in [0.717, 1.165) is 17.1 Å². The molecule has 0 atom stereocenters. The Bertz CT molecular complexity index is 933. The Morgan fingerprint density at radius 1 is 1.12 bits per heavy atom. The Morgan fingerprint density at radius 2 is 2.00 bits per heavy atom. The second kappa shape index (κ2) is 6.58. The van der Waals surface area contributed by atoms with Gasteiger partial charge in [-0.3, -0.25) is 5.01 Å². The van der Waals surface area contributed by atoms with Gasteiger partial charge in [0.2, 0.25) is 0 Å². The van der Waals surface area contributed by atoms with E-state index < -0.39 is 0 Å². The van der Waals surface area contributed by atoms with Gasteiger partial charge in [0, 0.05) is 11.2 Å². The third-order valence-corrected chi connectivity index (χ3v) is 4.17. The van der Waals surface area contributed by atoms with Crippen LogP contribution in [0.25, 0.3) is 5.69 Å². The number of aryl methyl sites for hydroxylation is 1. The van der Waals surface area contributed by atoms with E-state index in [9.17, 15) is 0 Å². The molecule has 3 aromatic rings. The van der Waals surface area contributed by atoms with Crippen molar-refractivity contribution in [2.75, 3.05) is 0 Å². The molecule has 1 aliphatic rings. The fraction of sp³-hybridized carbons (Fsp3) is 0.111. The second-order valence-electron chi connectivity index (χ2n) is 5.89. The Morgan fingerprint density at radius 3 is 2.84 bits per heavy atom. The SMILES string of the molecule is Cc1cccc(CN2NNN=C2c2cnn(-c3cccc(Cl)c3)c2)c1. The van der Waals surface area contributed by atoms with Gasteiger partial charge in [-0.05, 0) is 30.7 Å². The molecule has 0 radical (unpaired) electrons. The largest absolute Gasteiger partial charge is 0.266 e. The van der Waals surface area contributed by atoms with Crippen LogP contribution < -0.4 is 11.1 Å². The van der Waals surface area contributed by atoms with Crippen LogP contribution in [0.4, 0.5) is 0 Å². The molecule has 1 aliphatic heterocycles. The van der Waals surface area contributed by atoms with E-state index in [1.54, 1.807) is 10.9 Å². The van der Waals surface area contributed by atoms with E-state index in [1.807, 2.05) is 35.5 Å². The first kappa shape index (κ1) is 15.7. The highest BCUT2D eigenvalue weighted by Gasteiger charge is 2.20. The molecule has 0 amide bonds. The summed E-state index contributed by atoms with van der Waals surface area (Å²) in [6.07, 6.45) is 3.72. The third kappa shape index (κ3) is 3.35. The maximum atomic E-state index is 6.06. The summed E-state index contributed by atoms with van der Waals surface area (Å²) in [6, 6.07) is 16.0. The van der Waals surface area contributed by atoms with Crippen LogP contribution >= 0.6 is 11.6 Å². The van der Waals surface area contributed by atoms with Gasteiger partial charge in [-0.1, -0.05) is 47.5 Å². The van der Waals surface area contributed by atoms with Crippen LogP contribution in [0.2, 0.25) is 5.02 Å². The molecule has 0 fully saturated rings. The second-order valence-corrected chi connectivity index (χ2v) is 6.32.